The molecule has 0 aliphatic carbocycles. The zero-order valence-electron chi connectivity index (χ0n) is 13.3. The van der Waals surface area contributed by atoms with E-state index in [0.29, 0.717) is 12.8 Å². The summed E-state index contributed by atoms with van der Waals surface area (Å²) < 4.78 is 0. The number of benzene rings is 1. The molecule has 0 spiro atoms. The second kappa shape index (κ2) is 7.90. The third-order valence-corrected chi connectivity index (χ3v) is 4.25. The van der Waals surface area contributed by atoms with Gasteiger partial charge in [0.1, 0.15) is 6.29 Å². The Morgan fingerprint density at radius 1 is 1.36 bits per heavy atom. The minimum absolute atomic E-state index is 0.0278. The van der Waals surface area contributed by atoms with Crippen LogP contribution in [0.1, 0.15) is 36.3 Å². The lowest BCUT2D eigenvalue weighted by atomic mass is 9.92. The largest absolute Gasteiger partial charge is 0.359 e. The summed E-state index contributed by atoms with van der Waals surface area (Å²) in [5, 5.41) is 2.59. The van der Waals surface area contributed by atoms with Gasteiger partial charge in [-0.1, -0.05) is 30.3 Å². The molecule has 1 aliphatic heterocycles. The lowest BCUT2D eigenvalue weighted by Gasteiger charge is -2.22. The molecule has 0 saturated carbocycles. The fourth-order valence-electron chi connectivity index (χ4n) is 2.70. The Kier molecular flexibility index (Phi) is 5.90. The van der Waals surface area contributed by atoms with E-state index in [1.807, 2.05) is 12.1 Å². The highest BCUT2D eigenvalue weighted by molar-refractivity contribution is 5.76. The lowest BCUT2D eigenvalue weighted by Crippen LogP contribution is -2.23. The standard InChI is InChI=1S/C18H24N2O2/c1-19-18(22)8-7-17(13-21)15-5-3-14(4-6-15)16-9-11-20(2)12-10-16/h3-6,9,13,17H,7-8,10-12H2,1-2H3,(H,19,22). The van der Waals surface area contributed by atoms with E-state index >= 15 is 0 Å². The first-order chi connectivity index (χ1) is 10.6. The van der Waals surface area contributed by atoms with Gasteiger partial charge in [-0.05, 0) is 36.6 Å². The van der Waals surface area contributed by atoms with Crippen molar-refractivity contribution in [2.75, 3.05) is 27.2 Å². The minimum atomic E-state index is -0.210. The second-order valence-corrected chi connectivity index (χ2v) is 5.82. The van der Waals surface area contributed by atoms with Crippen LogP contribution in [0.2, 0.25) is 0 Å². The van der Waals surface area contributed by atoms with Crippen molar-refractivity contribution in [2.45, 2.75) is 25.2 Å². The molecule has 22 heavy (non-hydrogen) atoms. The summed E-state index contributed by atoms with van der Waals surface area (Å²) in [6.07, 6.45) is 5.19. The van der Waals surface area contributed by atoms with Crippen LogP contribution in [0, 0.1) is 0 Å². The Hall–Kier alpha value is -1.94. The summed E-state index contributed by atoms with van der Waals surface area (Å²) in [7, 11) is 3.74. The van der Waals surface area contributed by atoms with Gasteiger partial charge in [0.15, 0.2) is 0 Å². The van der Waals surface area contributed by atoms with Crippen LogP contribution >= 0.6 is 0 Å². The molecule has 1 atom stereocenters. The molecule has 1 amide bonds. The molecule has 1 aromatic rings. The number of amides is 1. The predicted molar refractivity (Wildman–Crippen MR) is 88.6 cm³/mol. The van der Waals surface area contributed by atoms with Crippen molar-refractivity contribution < 1.29 is 9.59 Å². The van der Waals surface area contributed by atoms with E-state index in [4.69, 9.17) is 0 Å². The maximum Gasteiger partial charge on any atom is 0.219 e. The van der Waals surface area contributed by atoms with E-state index in [0.717, 1.165) is 31.4 Å². The molecule has 0 aromatic heterocycles. The number of nitrogens with zero attached hydrogens (tertiary/aromatic N) is 1. The predicted octanol–water partition coefficient (Wildman–Crippen LogP) is 2.21. The molecule has 1 N–H and O–H groups in total. The highest BCUT2D eigenvalue weighted by Gasteiger charge is 2.14. The van der Waals surface area contributed by atoms with Crippen LogP contribution in [0.5, 0.6) is 0 Å². The number of rotatable bonds is 6. The Morgan fingerprint density at radius 2 is 2.09 bits per heavy atom. The third kappa shape index (κ3) is 4.28. The van der Waals surface area contributed by atoms with Gasteiger partial charge >= 0.3 is 0 Å². The van der Waals surface area contributed by atoms with Crippen molar-refractivity contribution in [3.63, 3.8) is 0 Å². The van der Waals surface area contributed by atoms with Crippen LogP contribution in [-0.2, 0) is 9.59 Å². The Bertz CT molecular complexity index is 549. The Balaban J connectivity index is 2.03. The summed E-state index contributed by atoms with van der Waals surface area (Å²) in [4.78, 5) is 24.9. The highest BCUT2D eigenvalue weighted by Crippen LogP contribution is 2.25. The first-order valence-electron chi connectivity index (χ1n) is 7.78. The van der Waals surface area contributed by atoms with Gasteiger partial charge in [0.25, 0.3) is 0 Å². The van der Waals surface area contributed by atoms with Crippen molar-refractivity contribution in [3.05, 3.63) is 41.5 Å². The van der Waals surface area contributed by atoms with Crippen LogP contribution in [-0.4, -0.2) is 44.3 Å². The van der Waals surface area contributed by atoms with Crippen LogP contribution < -0.4 is 5.32 Å². The number of likely N-dealkylation sites (N-methyl/N-ethyl adjacent to an activating group) is 1. The topological polar surface area (TPSA) is 49.4 Å². The number of carbonyl (C=O) groups excluding carboxylic acids is 2. The van der Waals surface area contributed by atoms with Crippen molar-refractivity contribution in [1.82, 2.24) is 10.2 Å². The summed E-state index contributed by atoms with van der Waals surface area (Å²) in [6, 6.07) is 8.20. The van der Waals surface area contributed by atoms with Gasteiger partial charge in [0.05, 0.1) is 0 Å². The first kappa shape index (κ1) is 16.4. The minimum Gasteiger partial charge on any atom is -0.359 e. The summed E-state index contributed by atoms with van der Waals surface area (Å²) in [5.74, 6) is -0.238. The van der Waals surface area contributed by atoms with Gasteiger partial charge in [0, 0.05) is 32.5 Å². The van der Waals surface area contributed by atoms with Gasteiger partial charge in [0.2, 0.25) is 5.91 Å². The van der Waals surface area contributed by atoms with Crippen molar-refractivity contribution >= 4 is 17.8 Å². The van der Waals surface area contributed by atoms with Gasteiger partial charge < -0.3 is 15.0 Å². The van der Waals surface area contributed by atoms with E-state index in [1.165, 1.54) is 11.1 Å². The molecule has 1 aliphatic rings. The number of carbonyl (C=O) groups is 2. The fraction of sp³-hybridized carbons (Fsp3) is 0.444. The number of hydrogen-bond acceptors (Lipinski definition) is 3. The lowest BCUT2D eigenvalue weighted by molar-refractivity contribution is -0.120. The molecule has 0 radical (unpaired) electrons. The fourth-order valence-corrected chi connectivity index (χ4v) is 2.70. The van der Waals surface area contributed by atoms with Gasteiger partial charge in [-0.25, -0.2) is 0 Å². The molecule has 4 nitrogen and oxygen atoms in total. The van der Waals surface area contributed by atoms with Crippen molar-refractivity contribution in [2.24, 2.45) is 0 Å². The molecule has 1 aromatic carbocycles. The second-order valence-electron chi connectivity index (χ2n) is 5.82. The maximum atomic E-state index is 11.3. The molecule has 1 heterocycles. The molecule has 4 heteroatoms. The van der Waals surface area contributed by atoms with Gasteiger partial charge in [-0.3, -0.25) is 4.79 Å². The third-order valence-electron chi connectivity index (χ3n) is 4.25. The average molecular weight is 300 g/mol. The van der Waals surface area contributed by atoms with E-state index in [9.17, 15) is 9.59 Å². The smallest absolute Gasteiger partial charge is 0.219 e. The van der Waals surface area contributed by atoms with Crippen LogP contribution in [0.15, 0.2) is 30.3 Å². The van der Waals surface area contributed by atoms with Crippen LogP contribution in [0.25, 0.3) is 5.57 Å². The molecular formula is C18H24N2O2. The summed E-state index contributed by atoms with van der Waals surface area (Å²) in [6.45, 7) is 2.07. The van der Waals surface area contributed by atoms with Gasteiger partial charge in [-0.15, -0.1) is 0 Å². The Morgan fingerprint density at radius 3 is 2.64 bits per heavy atom. The summed E-state index contributed by atoms with van der Waals surface area (Å²) >= 11 is 0. The van der Waals surface area contributed by atoms with Crippen molar-refractivity contribution in [3.8, 4) is 0 Å². The Labute approximate surface area is 132 Å². The van der Waals surface area contributed by atoms with Crippen LogP contribution in [0.3, 0.4) is 0 Å². The molecule has 1 unspecified atom stereocenters. The zero-order chi connectivity index (χ0) is 15.9. The molecule has 2 rings (SSSR count). The van der Waals surface area contributed by atoms with Crippen molar-refractivity contribution in [1.29, 1.82) is 0 Å². The van der Waals surface area contributed by atoms with Gasteiger partial charge in [-0.2, -0.15) is 0 Å². The monoisotopic (exact) mass is 300 g/mol. The summed E-state index contributed by atoms with van der Waals surface area (Å²) in [5.41, 5.74) is 3.58. The van der Waals surface area contributed by atoms with E-state index < -0.39 is 0 Å². The van der Waals surface area contributed by atoms with E-state index in [-0.39, 0.29) is 11.8 Å². The molecule has 0 fully saturated rings. The SMILES string of the molecule is CNC(=O)CCC(C=O)c1ccc(C2=CCN(C)CC2)cc1. The number of nitrogens with one attached hydrogen (secondary N) is 1. The zero-order valence-corrected chi connectivity index (χ0v) is 13.3. The number of aldehydes is 1. The maximum absolute atomic E-state index is 11.3. The highest BCUT2D eigenvalue weighted by atomic mass is 16.1. The molecule has 118 valence electrons. The normalized spacial score (nSPS) is 16.7. The molecular weight excluding hydrogens is 276 g/mol. The quantitative estimate of drug-likeness (QED) is 0.820. The average Bonchev–Trinajstić information content (AvgIpc) is 2.56. The van der Waals surface area contributed by atoms with Crippen LogP contribution in [0.4, 0.5) is 0 Å². The molecule has 0 bridgehead atoms. The van der Waals surface area contributed by atoms with E-state index in [1.54, 1.807) is 7.05 Å². The first-order valence-corrected chi connectivity index (χ1v) is 7.78. The van der Waals surface area contributed by atoms with E-state index in [2.05, 4.69) is 35.5 Å². The number of hydrogen-bond donors (Lipinski definition) is 1. The molecule has 0 saturated heterocycles.